The number of rotatable bonds is 7. The molecule has 3 heteroatoms. The van der Waals surface area contributed by atoms with E-state index in [9.17, 15) is 0 Å². The molecule has 0 aromatic rings. The zero-order valence-electron chi connectivity index (χ0n) is 9.05. The van der Waals surface area contributed by atoms with E-state index in [0.717, 1.165) is 11.9 Å². The molecule has 0 saturated heterocycles. The van der Waals surface area contributed by atoms with Crippen LogP contribution in [-0.4, -0.2) is 31.8 Å². The van der Waals surface area contributed by atoms with E-state index in [2.05, 4.69) is 29.8 Å². The van der Waals surface area contributed by atoms with Crippen LogP contribution in [0.4, 0.5) is 0 Å². The number of methoxy groups -OCH3 is 1. The number of alkyl halides is 1. The van der Waals surface area contributed by atoms with Crippen LogP contribution in [0, 0.1) is 11.8 Å². The maximum atomic E-state index is 5.64. The Labute approximate surface area is 90.1 Å². The quantitative estimate of drug-likeness (QED) is 0.649. The van der Waals surface area contributed by atoms with Crippen molar-refractivity contribution in [3.8, 4) is 0 Å². The molecule has 0 heterocycles. The summed E-state index contributed by atoms with van der Waals surface area (Å²) in [7, 11) is 1.70. The highest BCUT2D eigenvalue weighted by molar-refractivity contribution is 9.09. The minimum absolute atomic E-state index is 0.199. The lowest BCUT2D eigenvalue weighted by atomic mass is 9.99. The van der Waals surface area contributed by atoms with E-state index >= 15 is 0 Å². The Morgan fingerprint density at radius 2 is 1.77 bits per heavy atom. The molecule has 0 N–H and O–H groups in total. The second-order valence-corrected chi connectivity index (χ2v) is 4.41. The molecule has 0 aromatic heterocycles. The van der Waals surface area contributed by atoms with Crippen molar-refractivity contribution in [3.63, 3.8) is 0 Å². The number of hydrogen-bond donors (Lipinski definition) is 0. The molecule has 0 saturated carbocycles. The lowest BCUT2D eigenvalue weighted by molar-refractivity contribution is -0.00935. The number of hydrogen-bond acceptors (Lipinski definition) is 2. The van der Waals surface area contributed by atoms with Crippen molar-refractivity contribution in [1.29, 1.82) is 0 Å². The van der Waals surface area contributed by atoms with E-state index in [0.29, 0.717) is 18.4 Å². The van der Waals surface area contributed by atoms with Gasteiger partial charge in [-0.05, 0) is 18.8 Å². The largest absolute Gasteiger partial charge is 0.382 e. The zero-order chi connectivity index (χ0) is 10.3. The molecular formula is C10H21BrO2. The minimum Gasteiger partial charge on any atom is -0.382 e. The van der Waals surface area contributed by atoms with Crippen LogP contribution >= 0.6 is 15.9 Å². The Morgan fingerprint density at radius 1 is 1.15 bits per heavy atom. The summed E-state index contributed by atoms with van der Waals surface area (Å²) in [5, 5.41) is 1.00. The fourth-order valence-corrected chi connectivity index (χ4v) is 1.92. The average Bonchev–Trinajstić information content (AvgIpc) is 2.05. The van der Waals surface area contributed by atoms with Crippen LogP contribution in [0.15, 0.2) is 0 Å². The maximum Gasteiger partial charge on any atom is 0.0780 e. The van der Waals surface area contributed by atoms with Crippen molar-refractivity contribution >= 4 is 15.9 Å². The van der Waals surface area contributed by atoms with Gasteiger partial charge in [0.1, 0.15) is 0 Å². The first-order valence-electron chi connectivity index (χ1n) is 4.78. The normalized spacial score (nSPS) is 16.2. The van der Waals surface area contributed by atoms with Crippen LogP contribution in [0.2, 0.25) is 0 Å². The number of halogens is 1. The summed E-state index contributed by atoms with van der Waals surface area (Å²) in [5.41, 5.74) is 0. The Balaban J connectivity index is 3.59. The van der Waals surface area contributed by atoms with Crippen molar-refractivity contribution < 1.29 is 9.47 Å². The fourth-order valence-electron chi connectivity index (χ4n) is 0.986. The summed E-state index contributed by atoms with van der Waals surface area (Å²) in [5.74, 6) is 1.26. The molecule has 2 unspecified atom stereocenters. The van der Waals surface area contributed by atoms with E-state index in [1.807, 2.05) is 6.92 Å². The van der Waals surface area contributed by atoms with Gasteiger partial charge in [-0.1, -0.05) is 29.8 Å². The van der Waals surface area contributed by atoms with Crippen molar-refractivity contribution in [1.82, 2.24) is 0 Å². The van der Waals surface area contributed by atoms with Gasteiger partial charge in [-0.2, -0.15) is 0 Å². The summed E-state index contributed by atoms with van der Waals surface area (Å²) in [6.07, 6.45) is 0.199. The van der Waals surface area contributed by atoms with Crippen LogP contribution in [0.5, 0.6) is 0 Å². The molecule has 80 valence electrons. The average molecular weight is 253 g/mol. The zero-order valence-corrected chi connectivity index (χ0v) is 10.6. The third-order valence-corrected chi connectivity index (χ3v) is 2.97. The summed E-state index contributed by atoms with van der Waals surface area (Å²) >= 11 is 3.49. The summed E-state index contributed by atoms with van der Waals surface area (Å²) < 4.78 is 10.6. The van der Waals surface area contributed by atoms with E-state index in [1.54, 1.807) is 7.11 Å². The predicted molar refractivity (Wildman–Crippen MR) is 59.4 cm³/mol. The van der Waals surface area contributed by atoms with E-state index in [-0.39, 0.29) is 6.10 Å². The highest BCUT2D eigenvalue weighted by Crippen LogP contribution is 2.14. The fraction of sp³-hybridized carbons (Fsp3) is 1.00. The Kier molecular flexibility index (Phi) is 8.01. The lowest BCUT2D eigenvalue weighted by Crippen LogP contribution is -2.23. The van der Waals surface area contributed by atoms with E-state index in [4.69, 9.17) is 9.47 Å². The third-order valence-electron chi connectivity index (χ3n) is 2.14. The molecule has 0 aliphatic carbocycles. The third kappa shape index (κ3) is 6.47. The SMILES string of the molecule is COCC(C)OCC(CBr)C(C)C. The first-order valence-corrected chi connectivity index (χ1v) is 5.90. The van der Waals surface area contributed by atoms with Gasteiger partial charge in [-0.25, -0.2) is 0 Å². The lowest BCUT2D eigenvalue weighted by Gasteiger charge is -2.20. The van der Waals surface area contributed by atoms with E-state index in [1.165, 1.54) is 0 Å². The molecule has 2 nitrogen and oxygen atoms in total. The molecular weight excluding hydrogens is 232 g/mol. The second-order valence-electron chi connectivity index (χ2n) is 3.76. The van der Waals surface area contributed by atoms with Gasteiger partial charge in [0.15, 0.2) is 0 Å². The maximum absolute atomic E-state index is 5.64. The molecule has 0 aromatic carbocycles. The van der Waals surface area contributed by atoms with Gasteiger partial charge in [-0.3, -0.25) is 0 Å². The first-order chi connectivity index (χ1) is 6.11. The molecule has 0 fully saturated rings. The van der Waals surface area contributed by atoms with Crippen LogP contribution in [0.25, 0.3) is 0 Å². The molecule has 0 rings (SSSR count). The van der Waals surface area contributed by atoms with Crippen LogP contribution < -0.4 is 0 Å². The molecule has 0 spiro atoms. The molecule has 0 amide bonds. The van der Waals surface area contributed by atoms with Gasteiger partial charge in [0.05, 0.1) is 19.3 Å². The molecule has 13 heavy (non-hydrogen) atoms. The molecule has 0 aliphatic rings. The van der Waals surface area contributed by atoms with Gasteiger partial charge in [0.25, 0.3) is 0 Å². The van der Waals surface area contributed by atoms with Gasteiger partial charge in [0.2, 0.25) is 0 Å². The van der Waals surface area contributed by atoms with Crippen LogP contribution in [0.1, 0.15) is 20.8 Å². The minimum atomic E-state index is 0.199. The van der Waals surface area contributed by atoms with Crippen molar-refractivity contribution in [3.05, 3.63) is 0 Å². The topological polar surface area (TPSA) is 18.5 Å². The van der Waals surface area contributed by atoms with E-state index < -0.39 is 0 Å². The summed E-state index contributed by atoms with van der Waals surface area (Å²) in [6.45, 7) is 7.96. The standard InChI is InChI=1S/C10H21BrO2/c1-8(2)10(5-11)7-13-9(3)6-12-4/h8-10H,5-7H2,1-4H3. The van der Waals surface area contributed by atoms with Crippen molar-refractivity contribution in [2.24, 2.45) is 11.8 Å². The molecule has 2 atom stereocenters. The van der Waals surface area contributed by atoms with Gasteiger partial charge in [0, 0.05) is 12.4 Å². The van der Waals surface area contributed by atoms with Crippen LogP contribution in [-0.2, 0) is 9.47 Å². The Morgan fingerprint density at radius 3 is 2.15 bits per heavy atom. The Hall–Kier alpha value is 0.400. The smallest absolute Gasteiger partial charge is 0.0780 e. The van der Waals surface area contributed by atoms with Gasteiger partial charge >= 0.3 is 0 Å². The summed E-state index contributed by atoms with van der Waals surface area (Å²) in [6, 6.07) is 0. The van der Waals surface area contributed by atoms with Crippen LogP contribution in [0.3, 0.4) is 0 Å². The monoisotopic (exact) mass is 252 g/mol. The first kappa shape index (κ1) is 13.4. The molecule has 0 bridgehead atoms. The van der Waals surface area contributed by atoms with Gasteiger partial charge in [-0.15, -0.1) is 0 Å². The second kappa shape index (κ2) is 7.77. The predicted octanol–water partition coefficient (Wildman–Crippen LogP) is 2.71. The highest BCUT2D eigenvalue weighted by Gasteiger charge is 2.13. The Bertz CT molecular complexity index is 117. The number of ether oxygens (including phenoxy) is 2. The highest BCUT2D eigenvalue weighted by atomic mass is 79.9. The summed E-state index contributed by atoms with van der Waals surface area (Å²) in [4.78, 5) is 0. The van der Waals surface area contributed by atoms with Crippen molar-refractivity contribution in [2.75, 3.05) is 25.7 Å². The van der Waals surface area contributed by atoms with Gasteiger partial charge < -0.3 is 9.47 Å². The molecule has 0 aliphatic heterocycles. The van der Waals surface area contributed by atoms with Crippen molar-refractivity contribution in [2.45, 2.75) is 26.9 Å². The molecule has 0 radical (unpaired) electrons.